The molecule has 7 heteroatoms. The van der Waals surface area contributed by atoms with E-state index in [0.29, 0.717) is 30.3 Å². The second-order valence-corrected chi connectivity index (χ2v) is 8.38. The van der Waals surface area contributed by atoms with Crippen LogP contribution in [0.4, 0.5) is 5.69 Å². The zero-order valence-corrected chi connectivity index (χ0v) is 17.4. The van der Waals surface area contributed by atoms with Crippen molar-refractivity contribution in [2.75, 3.05) is 11.3 Å². The molecule has 1 aromatic heterocycles. The van der Waals surface area contributed by atoms with Crippen LogP contribution in [-0.2, 0) is 16.6 Å². The number of anilines is 1. The molecule has 0 fully saturated rings. The van der Waals surface area contributed by atoms with Gasteiger partial charge in [0.15, 0.2) is 0 Å². The number of aromatic nitrogens is 2. The molecule has 0 saturated heterocycles. The lowest BCUT2D eigenvalue weighted by Crippen LogP contribution is -2.14. The third-order valence-electron chi connectivity index (χ3n) is 4.52. The molecule has 0 aliphatic carbocycles. The van der Waals surface area contributed by atoms with Gasteiger partial charge in [0.25, 0.3) is 10.0 Å². The van der Waals surface area contributed by atoms with Crippen LogP contribution in [0.25, 0.3) is 0 Å². The predicted molar refractivity (Wildman–Crippen MR) is 110 cm³/mol. The van der Waals surface area contributed by atoms with Crippen molar-refractivity contribution in [3.8, 4) is 5.75 Å². The third kappa shape index (κ3) is 4.36. The number of hydrogen-bond acceptors (Lipinski definition) is 4. The highest BCUT2D eigenvalue weighted by atomic mass is 32.2. The van der Waals surface area contributed by atoms with Crippen LogP contribution in [-0.4, -0.2) is 24.8 Å². The molecule has 148 valence electrons. The van der Waals surface area contributed by atoms with Crippen LogP contribution in [0.3, 0.4) is 0 Å². The molecule has 0 unspecified atom stereocenters. The quantitative estimate of drug-likeness (QED) is 0.650. The average Bonchev–Trinajstić information content (AvgIpc) is 2.91. The van der Waals surface area contributed by atoms with Gasteiger partial charge in [0.2, 0.25) is 0 Å². The first kappa shape index (κ1) is 19.9. The van der Waals surface area contributed by atoms with Gasteiger partial charge in [-0.05, 0) is 57.5 Å². The molecule has 3 aromatic rings. The van der Waals surface area contributed by atoms with Crippen molar-refractivity contribution in [2.45, 2.75) is 39.1 Å². The Balaban J connectivity index is 1.83. The number of nitrogens with one attached hydrogen (secondary N) is 1. The van der Waals surface area contributed by atoms with Gasteiger partial charge >= 0.3 is 0 Å². The first-order valence-corrected chi connectivity index (χ1v) is 10.6. The predicted octanol–water partition coefficient (Wildman–Crippen LogP) is 4.06. The van der Waals surface area contributed by atoms with Gasteiger partial charge in [0.1, 0.15) is 5.75 Å². The molecule has 3 rings (SSSR count). The first-order chi connectivity index (χ1) is 13.3. The lowest BCUT2D eigenvalue weighted by Gasteiger charge is -2.10. The Kier molecular flexibility index (Phi) is 5.74. The fourth-order valence-corrected chi connectivity index (χ4v) is 4.12. The summed E-state index contributed by atoms with van der Waals surface area (Å²) < 4.78 is 35.5. The lowest BCUT2D eigenvalue weighted by atomic mass is 10.1. The maximum Gasteiger partial charge on any atom is 0.262 e. The van der Waals surface area contributed by atoms with Gasteiger partial charge < -0.3 is 4.74 Å². The van der Waals surface area contributed by atoms with E-state index in [1.165, 1.54) is 17.7 Å². The standard InChI is InChI=1S/C21H25N3O3S/c1-5-27-19-10-12-20(13-11-19)28(25,26)23-21-16(3)22-24(17(21)4)14-18-8-6-15(2)7-9-18/h6-13,23H,5,14H2,1-4H3. The largest absolute Gasteiger partial charge is 0.494 e. The van der Waals surface area contributed by atoms with E-state index < -0.39 is 10.0 Å². The van der Waals surface area contributed by atoms with Crippen LogP contribution in [0.15, 0.2) is 53.4 Å². The molecule has 0 aliphatic rings. The molecule has 0 saturated carbocycles. The number of nitrogens with zero attached hydrogens (tertiary/aromatic N) is 2. The second kappa shape index (κ2) is 8.06. The highest BCUT2D eigenvalue weighted by Gasteiger charge is 2.20. The third-order valence-corrected chi connectivity index (χ3v) is 5.88. The van der Waals surface area contributed by atoms with E-state index in [4.69, 9.17) is 4.74 Å². The first-order valence-electron chi connectivity index (χ1n) is 9.15. The molecular weight excluding hydrogens is 374 g/mol. The van der Waals surface area contributed by atoms with E-state index in [1.54, 1.807) is 19.1 Å². The van der Waals surface area contributed by atoms with Gasteiger partial charge in [0.05, 0.1) is 35.1 Å². The van der Waals surface area contributed by atoms with Crippen LogP contribution >= 0.6 is 0 Å². The molecule has 1 N–H and O–H groups in total. The maximum atomic E-state index is 12.8. The van der Waals surface area contributed by atoms with E-state index >= 15 is 0 Å². The number of benzene rings is 2. The second-order valence-electron chi connectivity index (χ2n) is 6.70. The number of ether oxygens (including phenoxy) is 1. The minimum Gasteiger partial charge on any atom is -0.494 e. The van der Waals surface area contributed by atoms with Gasteiger partial charge in [-0.3, -0.25) is 9.40 Å². The van der Waals surface area contributed by atoms with E-state index in [0.717, 1.165) is 11.3 Å². The van der Waals surface area contributed by atoms with E-state index in [9.17, 15) is 8.42 Å². The molecule has 2 aromatic carbocycles. The van der Waals surface area contributed by atoms with E-state index in [2.05, 4.69) is 34.1 Å². The van der Waals surface area contributed by atoms with Crippen LogP contribution < -0.4 is 9.46 Å². The number of aryl methyl sites for hydroxylation is 2. The molecule has 0 amide bonds. The fraction of sp³-hybridized carbons (Fsp3) is 0.286. The van der Waals surface area contributed by atoms with Crippen LogP contribution in [0.2, 0.25) is 0 Å². The van der Waals surface area contributed by atoms with Crippen LogP contribution in [0.1, 0.15) is 29.4 Å². The van der Waals surface area contributed by atoms with Crippen LogP contribution in [0.5, 0.6) is 5.75 Å². The molecule has 0 bridgehead atoms. The molecule has 6 nitrogen and oxygen atoms in total. The average molecular weight is 400 g/mol. The summed E-state index contributed by atoms with van der Waals surface area (Å²) in [6.45, 7) is 8.70. The Morgan fingerprint density at radius 2 is 1.64 bits per heavy atom. The smallest absolute Gasteiger partial charge is 0.262 e. The zero-order valence-electron chi connectivity index (χ0n) is 16.6. The number of rotatable bonds is 7. The molecular formula is C21H25N3O3S. The Morgan fingerprint density at radius 1 is 1.00 bits per heavy atom. The Morgan fingerprint density at radius 3 is 2.25 bits per heavy atom. The summed E-state index contributed by atoms with van der Waals surface area (Å²) in [6, 6.07) is 14.6. The minimum atomic E-state index is -3.71. The molecule has 0 spiro atoms. The lowest BCUT2D eigenvalue weighted by molar-refractivity contribution is 0.340. The van der Waals surface area contributed by atoms with Crippen molar-refractivity contribution in [2.24, 2.45) is 0 Å². The molecule has 0 aliphatic heterocycles. The van der Waals surface area contributed by atoms with Crippen molar-refractivity contribution >= 4 is 15.7 Å². The zero-order chi connectivity index (χ0) is 20.3. The van der Waals surface area contributed by atoms with Gasteiger partial charge in [0, 0.05) is 0 Å². The number of hydrogen-bond donors (Lipinski definition) is 1. The van der Waals surface area contributed by atoms with Crippen molar-refractivity contribution in [3.05, 3.63) is 71.0 Å². The van der Waals surface area contributed by atoms with E-state index in [-0.39, 0.29) is 4.90 Å². The SMILES string of the molecule is CCOc1ccc(S(=O)(=O)Nc2c(C)nn(Cc3ccc(C)cc3)c2C)cc1. The summed E-state index contributed by atoms with van der Waals surface area (Å²) in [5, 5.41) is 4.51. The van der Waals surface area contributed by atoms with Crippen molar-refractivity contribution in [1.29, 1.82) is 0 Å². The maximum absolute atomic E-state index is 12.8. The minimum absolute atomic E-state index is 0.182. The van der Waals surface area contributed by atoms with E-state index in [1.807, 2.05) is 25.5 Å². The monoisotopic (exact) mass is 399 g/mol. The van der Waals surface area contributed by atoms with Crippen molar-refractivity contribution in [1.82, 2.24) is 9.78 Å². The summed E-state index contributed by atoms with van der Waals surface area (Å²) in [5.74, 6) is 0.639. The van der Waals surface area contributed by atoms with Gasteiger partial charge in [-0.2, -0.15) is 5.10 Å². The molecule has 28 heavy (non-hydrogen) atoms. The normalized spacial score (nSPS) is 11.4. The summed E-state index contributed by atoms with van der Waals surface area (Å²) >= 11 is 0. The molecule has 1 heterocycles. The Labute approximate surface area is 166 Å². The van der Waals surface area contributed by atoms with Gasteiger partial charge in [-0.1, -0.05) is 29.8 Å². The Hall–Kier alpha value is -2.80. The summed E-state index contributed by atoms with van der Waals surface area (Å²) in [6.07, 6.45) is 0. The Bertz CT molecular complexity index is 1050. The van der Waals surface area contributed by atoms with Gasteiger partial charge in [-0.15, -0.1) is 0 Å². The molecule has 0 atom stereocenters. The fourth-order valence-electron chi connectivity index (χ4n) is 2.94. The molecule has 0 radical (unpaired) electrons. The van der Waals surface area contributed by atoms with Gasteiger partial charge in [-0.25, -0.2) is 8.42 Å². The number of sulfonamides is 1. The summed E-state index contributed by atoms with van der Waals surface area (Å²) in [4.78, 5) is 0.182. The summed E-state index contributed by atoms with van der Waals surface area (Å²) in [5.41, 5.74) is 4.23. The topological polar surface area (TPSA) is 73.2 Å². The highest BCUT2D eigenvalue weighted by molar-refractivity contribution is 7.92. The van der Waals surface area contributed by atoms with Crippen molar-refractivity contribution < 1.29 is 13.2 Å². The highest BCUT2D eigenvalue weighted by Crippen LogP contribution is 2.25. The summed E-state index contributed by atoms with van der Waals surface area (Å²) in [7, 11) is -3.71. The van der Waals surface area contributed by atoms with Crippen LogP contribution in [0, 0.1) is 20.8 Å². The van der Waals surface area contributed by atoms with Crippen molar-refractivity contribution in [3.63, 3.8) is 0 Å².